The number of aromatic nitrogens is 4. The minimum absolute atomic E-state index is 0.00712. The molecule has 1 aromatic heterocycles. The predicted molar refractivity (Wildman–Crippen MR) is 105 cm³/mol. The van der Waals surface area contributed by atoms with E-state index in [1.54, 1.807) is 36.1 Å². The Labute approximate surface area is 166 Å². The van der Waals surface area contributed by atoms with Crippen molar-refractivity contribution in [3.63, 3.8) is 0 Å². The maximum Gasteiger partial charge on any atom is 0.257 e. The maximum absolute atomic E-state index is 12.2. The lowest BCUT2D eigenvalue weighted by atomic mass is 10.1. The summed E-state index contributed by atoms with van der Waals surface area (Å²) in [6, 6.07) is 12.4. The van der Waals surface area contributed by atoms with Gasteiger partial charge in [0.1, 0.15) is 5.75 Å². The number of carbonyl (C=O) groups is 2. The highest BCUT2D eigenvalue weighted by Crippen LogP contribution is 2.21. The molecule has 0 bridgehead atoms. The van der Waals surface area contributed by atoms with E-state index in [1.165, 1.54) is 0 Å². The molecule has 1 N–H and O–H groups in total. The molecule has 0 aliphatic heterocycles. The van der Waals surface area contributed by atoms with Crippen LogP contribution in [0.3, 0.4) is 0 Å². The summed E-state index contributed by atoms with van der Waals surface area (Å²) in [5.74, 6) is -0.257. The number of imide groups is 1. The van der Waals surface area contributed by atoms with E-state index in [1.807, 2.05) is 32.0 Å². The molecule has 0 aliphatic rings. The normalized spacial score (nSPS) is 10.5. The molecule has 28 heavy (non-hydrogen) atoms. The van der Waals surface area contributed by atoms with E-state index < -0.39 is 11.8 Å². The van der Waals surface area contributed by atoms with Crippen molar-refractivity contribution in [2.45, 2.75) is 19.0 Å². The van der Waals surface area contributed by atoms with Gasteiger partial charge in [-0.3, -0.25) is 14.9 Å². The van der Waals surface area contributed by atoms with E-state index in [9.17, 15) is 9.59 Å². The number of benzene rings is 2. The zero-order valence-electron chi connectivity index (χ0n) is 15.7. The number of hydrogen-bond acceptors (Lipinski definition) is 7. The topological polar surface area (TPSA) is 99.0 Å². The first-order chi connectivity index (χ1) is 13.5. The third-order valence-corrected chi connectivity index (χ3v) is 4.88. The number of aryl methyl sites for hydroxylation is 2. The summed E-state index contributed by atoms with van der Waals surface area (Å²) in [5.41, 5.74) is 3.38. The summed E-state index contributed by atoms with van der Waals surface area (Å²) in [6.45, 7) is 3.98. The van der Waals surface area contributed by atoms with E-state index in [2.05, 4.69) is 20.8 Å². The van der Waals surface area contributed by atoms with E-state index in [0.717, 1.165) is 28.6 Å². The van der Waals surface area contributed by atoms with Gasteiger partial charge in [0.15, 0.2) is 0 Å². The van der Waals surface area contributed by atoms with Gasteiger partial charge >= 0.3 is 0 Å². The van der Waals surface area contributed by atoms with Crippen LogP contribution in [0.5, 0.6) is 5.75 Å². The summed E-state index contributed by atoms with van der Waals surface area (Å²) >= 11 is 1.16. The van der Waals surface area contributed by atoms with E-state index >= 15 is 0 Å². The average Bonchev–Trinajstić information content (AvgIpc) is 3.14. The van der Waals surface area contributed by atoms with Gasteiger partial charge in [0.2, 0.25) is 11.1 Å². The Morgan fingerprint density at radius 2 is 1.89 bits per heavy atom. The molecule has 0 unspecified atom stereocenters. The Morgan fingerprint density at radius 3 is 2.57 bits per heavy atom. The fourth-order valence-corrected chi connectivity index (χ4v) is 3.25. The van der Waals surface area contributed by atoms with Crippen molar-refractivity contribution in [1.82, 2.24) is 25.5 Å². The Bertz CT molecular complexity index is 1000. The molecule has 3 aromatic rings. The van der Waals surface area contributed by atoms with Gasteiger partial charge in [-0.15, -0.1) is 5.10 Å². The molecule has 144 valence electrons. The van der Waals surface area contributed by atoms with Crippen molar-refractivity contribution < 1.29 is 14.3 Å². The second-order valence-electron chi connectivity index (χ2n) is 6.06. The van der Waals surface area contributed by atoms with Gasteiger partial charge in [-0.05, 0) is 60.2 Å². The van der Waals surface area contributed by atoms with Crippen LogP contribution in [0, 0.1) is 13.8 Å². The molecule has 0 saturated carbocycles. The monoisotopic (exact) mass is 397 g/mol. The second-order valence-corrected chi connectivity index (χ2v) is 7.00. The molecule has 3 rings (SSSR count). The molecule has 2 aromatic carbocycles. The summed E-state index contributed by atoms with van der Waals surface area (Å²) in [5, 5.41) is 14.5. The van der Waals surface area contributed by atoms with Crippen LogP contribution < -0.4 is 10.1 Å². The third kappa shape index (κ3) is 4.55. The van der Waals surface area contributed by atoms with Crippen molar-refractivity contribution in [2.75, 3.05) is 12.9 Å². The predicted octanol–water partition coefficient (Wildman–Crippen LogP) is 2.34. The summed E-state index contributed by atoms with van der Waals surface area (Å²) in [7, 11) is 1.54. The standard InChI is InChI=1S/C19H19N5O3S/c1-12-4-9-16(13(2)10-12)24-19(21-22-23-24)28-11-17(25)20-18(26)14-5-7-15(27-3)8-6-14/h4-10H,11H2,1-3H3,(H,20,25,26). The Hall–Kier alpha value is -3.20. The number of ether oxygens (including phenoxy) is 1. The van der Waals surface area contributed by atoms with Gasteiger partial charge in [-0.25, -0.2) is 0 Å². The minimum atomic E-state index is -0.470. The quantitative estimate of drug-likeness (QED) is 0.637. The molecule has 9 heteroatoms. The number of amides is 2. The molecule has 0 radical (unpaired) electrons. The van der Waals surface area contributed by atoms with Crippen molar-refractivity contribution in [3.8, 4) is 11.4 Å². The number of hydrogen-bond donors (Lipinski definition) is 1. The van der Waals surface area contributed by atoms with E-state index in [0.29, 0.717) is 16.5 Å². The lowest BCUT2D eigenvalue weighted by Gasteiger charge is -2.08. The Balaban J connectivity index is 1.62. The van der Waals surface area contributed by atoms with Gasteiger partial charge < -0.3 is 4.74 Å². The molecular weight excluding hydrogens is 378 g/mol. The van der Waals surface area contributed by atoms with Crippen LogP contribution >= 0.6 is 11.8 Å². The van der Waals surface area contributed by atoms with Crippen LogP contribution in [0.2, 0.25) is 0 Å². The fourth-order valence-electron chi connectivity index (χ4n) is 2.57. The number of nitrogens with zero attached hydrogens (tertiary/aromatic N) is 4. The number of tetrazole rings is 1. The number of methoxy groups -OCH3 is 1. The van der Waals surface area contributed by atoms with Crippen LogP contribution in [0.4, 0.5) is 0 Å². The molecule has 0 aliphatic carbocycles. The molecular formula is C19H19N5O3S. The highest BCUT2D eigenvalue weighted by Gasteiger charge is 2.15. The van der Waals surface area contributed by atoms with Gasteiger partial charge in [0.25, 0.3) is 5.91 Å². The van der Waals surface area contributed by atoms with Crippen LogP contribution in [0.25, 0.3) is 5.69 Å². The lowest BCUT2D eigenvalue weighted by molar-refractivity contribution is -0.117. The SMILES string of the molecule is COc1ccc(C(=O)NC(=O)CSc2nnnn2-c2ccc(C)cc2C)cc1. The first-order valence-electron chi connectivity index (χ1n) is 8.45. The summed E-state index contributed by atoms with van der Waals surface area (Å²) in [6.07, 6.45) is 0. The molecule has 0 saturated heterocycles. The van der Waals surface area contributed by atoms with Crippen LogP contribution in [-0.2, 0) is 4.79 Å². The zero-order chi connectivity index (χ0) is 20.1. The minimum Gasteiger partial charge on any atom is -0.497 e. The molecule has 0 fully saturated rings. The highest BCUT2D eigenvalue weighted by atomic mass is 32.2. The van der Waals surface area contributed by atoms with Gasteiger partial charge in [0.05, 0.1) is 18.6 Å². The van der Waals surface area contributed by atoms with Crippen molar-refractivity contribution in [3.05, 3.63) is 59.2 Å². The molecule has 1 heterocycles. The van der Waals surface area contributed by atoms with Crippen LogP contribution in [-0.4, -0.2) is 44.9 Å². The fraction of sp³-hybridized carbons (Fsp3) is 0.211. The highest BCUT2D eigenvalue weighted by molar-refractivity contribution is 7.99. The number of thioether (sulfide) groups is 1. The Morgan fingerprint density at radius 1 is 1.14 bits per heavy atom. The third-order valence-electron chi connectivity index (χ3n) is 3.96. The maximum atomic E-state index is 12.2. The molecule has 0 atom stereocenters. The number of carbonyl (C=O) groups excluding carboxylic acids is 2. The van der Waals surface area contributed by atoms with Gasteiger partial charge in [-0.2, -0.15) is 4.68 Å². The first kappa shape index (κ1) is 19.6. The lowest BCUT2D eigenvalue weighted by Crippen LogP contribution is -2.31. The van der Waals surface area contributed by atoms with Crippen molar-refractivity contribution in [2.24, 2.45) is 0 Å². The van der Waals surface area contributed by atoms with Crippen molar-refractivity contribution in [1.29, 1.82) is 0 Å². The van der Waals surface area contributed by atoms with Gasteiger partial charge in [-0.1, -0.05) is 29.5 Å². The van der Waals surface area contributed by atoms with Crippen LogP contribution in [0.15, 0.2) is 47.6 Å². The summed E-state index contributed by atoms with van der Waals surface area (Å²) < 4.78 is 6.63. The second kappa shape index (κ2) is 8.66. The average molecular weight is 397 g/mol. The number of rotatable bonds is 6. The zero-order valence-corrected chi connectivity index (χ0v) is 16.5. The smallest absolute Gasteiger partial charge is 0.257 e. The molecule has 2 amide bonds. The van der Waals surface area contributed by atoms with Gasteiger partial charge in [0, 0.05) is 5.56 Å². The molecule has 0 spiro atoms. The van der Waals surface area contributed by atoms with Crippen LogP contribution in [0.1, 0.15) is 21.5 Å². The van der Waals surface area contributed by atoms with Crippen molar-refractivity contribution >= 4 is 23.6 Å². The summed E-state index contributed by atoms with van der Waals surface area (Å²) in [4.78, 5) is 24.3. The largest absolute Gasteiger partial charge is 0.497 e. The van der Waals surface area contributed by atoms with E-state index in [4.69, 9.17) is 4.74 Å². The number of nitrogens with one attached hydrogen (secondary N) is 1. The Kier molecular flexibility index (Phi) is 6.05. The molecule has 8 nitrogen and oxygen atoms in total. The van der Waals surface area contributed by atoms with E-state index in [-0.39, 0.29) is 5.75 Å². The first-order valence-corrected chi connectivity index (χ1v) is 9.43.